The van der Waals surface area contributed by atoms with Gasteiger partial charge in [0, 0.05) is 36.1 Å². The second kappa shape index (κ2) is 11.4. The molecule has 0 aliphatic carbocycles. The highest BCUT2D eigenvalue weighted by Crippen LogP contribution is 2.38. The van der Waals surface area contributed by atoms with Crippen molar-refractivity contribution in [1.82, 2.24) is 15.3 Å². The monoisotopic (exact) mass is 512 g/mol. The van der Waals surface area contributed by atoms with E-state index in [2.05, 4.69) is 118 Å². The van der Waals surface area contributed by atoms with Gasteiger partial charge in [-0.2, -0.15) is 0 Å². The molecule has 0 fully saturated rings. The maximum Gasteiger partial charge on any atom is 0.313 e. The van der Waals surface area contributed by atoms with E-state index in [1.54, 1.807) is 0 Å². The number of carbonyl (C=O) groups is 1. The molecule has 194 valence electrons. The van der Waals surface area contributed by atoms with Crippen LogP contribution in [0, 0.1) is 0 Å². The van der Waals surface area contributed by atoms with Crippen LogP contribution >= 0.6 is 0 Å². The fourth-order valence-corrected chi connectivity index (χ4v) is 6.82. The van der Waals surface area contributed by atoms with Gasteiger partial charge in [-0.25, -0.2) is 4.79 Å². The summed E-state index contributed by atoms with van der Waals surface area (Å²) in [5, 5.41) is 3.35. The van der Waals surface area contributed by atoms with Crippen LogP contribution in [0.1, 0.15) is 63.3 Å². The van der Waals surface area contributed by atoms with Crippen LogP contribution in [0.3, 0.4) is 0 Å². The molecule has 1 heterocycles. The number of amides is 2. The molecular weight excluding hydrogens is 465 g/mol. The molecule has 2 N–H and O–H groups in total. The van der Waals surface area contributed by atoms with Crippen molar-refractivity contribution in [2.45, 2.75) is 91.2 Å². The van der Waals surface area contributed by atoms with Gasteiger partial charge in [-0.15, -0.1) is 0 Å². The Labute approximate surface area is 216 Å². The van der Waals surface area contributed by atoms with Gasteiger partial charge in [-0.1, -0.05) is 98.2 Å². The molecule has 0 bridgehead atoms. The van der Waals surface area contributed by atoms with Crippen LogP contribution in [0.5, 0.6) is 0 Å². The number of benzene rings is 1. The molecule has 0 saturated carbocycles. The summed E-state index contributed by atoms with van der Waals surface area (Å²) in [4.78, 5) is 22.5. The summed E-state index contributed by atoms with van der Waals surface area (Å²) >= 11 is 0. The maximum absolute atomic E-state index is 14.0. The average Bonchev–Trinajstić information content (AvgIpc) is 2.75. The first-order valence-corrected chi connectivity index (χ1v) is 19.9. The molecule has 0 aliphatic rings. The molecule has 0 radical (unpaired) electrons. The van der Waals surface area contributed by atoms with E-state index in [1.807, 2.05) is 18.3 Å². The van der Waals surface area contributed by atoms with E-state index in [9.17, 15) is 4.79 Å². The SMILES string of the molecule is CC(C)c1cccc(C(C)C)c1N(C(=O)NCC(C)(CN[Si](C)(C)C)c1ccccn1)[Si](C)(C)C. The number of hydrogen-bond donors (Lipinski definition) is 2. The van der Waals surface area contributed by atoms with Gasteiger partial charge >= 0.3 is 6.03 Å². The number of pyridine rings is 1. The molecule has 1 unspecified atom stereocenters. The van der Waals surface area contributed by atoms with Crippen molar-refractivity contribution in [3.05, 3.63) is 59.4 Å². The molecule has 1 aromatic heterocycles. The number of nitrogens with one attached hydrogen (secondary N) is 2. The largest absolute Gasteiger partial charge is 0.337 e. The Hall–Kier alpha value is -1.97. The lowest BCUT2D eigenvalue weighted by atomic mass is 9.86. The van der Waals surface area contributed by atoms with Gasteiger partial charge in [0.2, 0.25) is 0 Å². The Morgan fingerprint density at radius 1 is 0.914 bits per heavy atom. The first kappa shape index (κ1) is 29.3. The molecule has 2 aromatic rings. The summed E-state index contributed by atoms with van der Waals surface area (Å²) in [5.74, 6) is 0.658. The number of para-hydroxylation sites is 1. The summed E-state index contributed by atoms with van der Waals surface area (Å²) in [6.45, 7) is 26.0. The molecule has 2 amide bonds. The van der Waals surface area contributed by atoms with E-state index in [0.717, 1.165) is 17.9 Å². The second-order valence-electron chi connectivity index (χ2n) is 12.6. The van der Waals surface area contributed by atoms with E-state index in [1.165, 1.54) is 11.1 Å². The van der Waals surface area contributed by atoms with Crippen molar-refractivity contribution >= 4 is 28.2 Å². The van der Waals surface area contributed by atoms with Gasteiger partial charge in [0.25, 0.3) is 0 Å². The second-order valence-corrected chi connectivity index (χ2v) is 22.3. The van der Waals surface area contributed by atoms with E-state index < -0.39 is 16.5 Å². The number of hydrogen-bond acceptors (Lipinski definition) is 3. The van der Waals surface area contributed by atoms with Crippen LogP contribution in [0.25, 0.3) is 0 Å². The third-order valence-electron chi connectivity index (χ3n) is 6.36. The smallest absolute Gasteiger partial charge is 0.313 e. The van der Waals surface area contributed by atoms with E-state index in [4.69, 9.17) is 0 Å². The minimum absolute atomic E-state index is 0.00525. The van der Waals surface area contributed by atoms with Crippen LogP contribution in [0.4, 0.5) is 10.5 Å². The Morgan fingerprint density at radius 3 is 1.91 bits per heavy atom. The highest BCUT2D eigenvalue weighted by Gasteiger charge is 2.36. The summed E-state index contributed by atoms with van der Waals surface area (Å²) in [7, 11) is -3.57. The fourth-order valence-electron chi connectivity index (χ4n) is 4.28. The summed E-state index contributed by atoms with van der Waals surface area (Å²) in [6.07, 6.45) is 1.84. The van der Waals surface area contributed by atoms with Gasteiger partial charge in [0.05, 0.1) is 0 Å². The number of anilines is 1. The third-order valence-corrected chi connectivity index (χ3v) is 9.37. The molecule has 5 nitrogen and oxygen atoms in total. The highest BCUT2D eigenvalue weighted by atomic mass is 28.3. The van der Waals surface area contributed by atoms with Gasteiger partial charge in [-0.05, 0) is 35.1 Å². The summed E-state index contributed by atoms with van der Waals surface area (Å²) in [5.41, 5.74) is 4.26. The van der Waals surface area contributed by atoms with E-state index in [-0.39, 0.29) is 11.4 Å². The lowest BCUT2D eigenvalue weighted by Crippen LogP contribution is -2.58. The van der Waals surface area contributed by atoms with Gasteiger partial charge in [0.15, 0.2) is 8.24 Å². The number of urea groups is 1. The lowest BCUT2D eigenvalue weighted by Gasteiger charge is -2.40. The van der Waals surface area contributed by atoms with Crippen molar-refractivity contribution in [2.24, 2.45) is 0 Å². The Kier molecular flexibility index (Phi) is 9.53. The Morgan fingerprint density at radius 2 is 1.49 bits per heavy atom. The normalized spacial score (nSPS) is 14.2. The van der Waals surface area contributed by atoms with Crippen LogP contribution in [0.2, 0.25) is 39.3 Å². The van der Waals surface area contributed by atoms with Gasteiger partial charge in [-0.3, -0.25) is 4.98 Å². The predicted octanol–water partition coefficient (Wildman–Crippen LogP) is 7.06. The lowest BCUT2D eigenvalue weighted by molar-refractivity contribution is 0.246. The van der Waals surface area contributed by atoms with Crippen LogP contribution in [0.15, 0.2) is 42.6 Å². The molecule has 0 saturated heterocycles. The summed E-state index contributed by atoms with van der Waals surface area (Å²) in [6, 6.07) is 12.5. The number of aromatic nitrogens is 1. The van der Waals surface area contributed by atoms with Crippen LogP contribution in [-0.2, 0) is 5.41 Å². The average molecular weight is 513 g/mol. The molecule has 2 rings (SSSR count). The molecular formula is C28H48N4OSi2. The summed E-state index contributed by atoms with van der Waals surface area (Å²) < 4.78 is 2.11. The van der Waals surface area contributed by atoms with Crippen LogP contribution in [-0.4, -0.2) is 40.6 Å². The zero-order valence-electron chi connectivity index (χ0n) is 23.9. The van der Waals surface area contributed by atoms with Gasteiger partial charge in [0.1, 0.15) is 8.24 Å². The molecule has 35 heavy (non-hydrogen) atoms. The van der Waals surface area contributed by atoms with Crippen molar-refractivity contribution in [3.63, 3.8) is 0 Å². The van der Waals surface area contributed by atoms with E-state index in [0.29, 0.717) is 18.4 Å². The standard InChI is InChI=1S/C28H48N4OSi2/c1-21(2)23-15-14-16-24(22(3)4)26(23)32(35(9,10)11)27(33)30-19-28(5,20-31-34(6,7)8)25-17-12-13-18-29-25/h12-18,21-22,31H,19-20H2,1-11H3,(H,30,33). The number of rotatable bonds is 10. The first-order chi connectivity index (χ1) is 16.1. The highest BCUT2D eigenvalue weighted by molar-refractivity contribution is 6.83. The fraction of sp³-hybridized carbons (Fsp3) is 0.571. The topological polar surface area (TPSA) is 57.3 Å². The minimum atomic E-state index is -2.07. The quantitative estimate of drug-likeness (QED) is 0.335. The molecule has 0 spiro atoms. The zero-order chi connectivity index (χ0) is 26.6. The third kappa shape index (κ3) is 7.76. The number of carbonyl (C=O) groups excluding carboxylic acids is 1. The molecule has 0 aliphatic heterocycles. The van der Waals surface area contributed by atoms with Crippen LogP contribution < -0.4 is 14.9 Å². The van der Waals surface area contributed by atoms with Gasteiger partial charge < -0.3 is 14.9 Å². The first-order valence-electron chi connectivity index (χ1n) is 12.9. The van der Waals surface area contributed by atoms with Crippen molar-refractivity contribution in [1.29, 1.82) is 0 Å². The maximum atomic E-state index is 14.0. The number of nitrogens with zero attached hydrogens (tertiary/aromatic N) is 2. The Balaban J connectivity index is 2.47. The van der Waals surface area contributed by atoms with Crippen molar-refractivity contribution in [3.8, 4) is 0 Å². The predicted molar refractivity (Wildman–Crippen MR) is 157 cm³/mol. The van der Waals surface area contributed by atoms with E-state index >= 15 is 0 Å². The van der Waals surface area contributed by atoms with Crippen molar-refractivity contribution in [2.75, 3.05) is 17.7 Å². The minimum Gasteiger partial charge on any atom is -0.337 e. The molecule has 1 atom stereocenters. The van der Waals surface area contributed by atoms with Crippen molar-refractivity contribution < 1.29 is 4.79 Å². The Bertz CT molecular complexity index is 954. The molecule has 7 heteroatoms. The zero-order valence-corrected chi connectivity index (χ0v) is 25.9. The molecule has 1 aromatic carbocycles.